The Morgan fingerprint density at radius 1 is 1.33 bits per heavy atom. The van der Waals surface area contributed by atoms with E-state index in [2.05, 4.69) is 31.2 Å². The molecule has 0 radical (unpaired) electrons. The fourth-order valence-corrected chi connectivity index (χ4v) is 3.02. The van der Waals surface area contributed by atoms with E-state index in [1.807, 2.05) is 11.8 Å². The van der Waals surface area contributed by atoms with E-state index in [0.717, 1.165) is 38.8 Å². The molecule has 1 aliphatic heterocycles. The number of carbonyl (C=O) groups is 1. The van der Waals surface area contributed by atoms with Gasteiger partial charge >= 0.3 is 0 Å². The molecule has 2 N–H and O–H groups in total. The number of aryl methyl sites for hydroxylation is 2. The zero-order valence-electron chi connectivity index (χ0n) is 13.3. The number of piperidine rings is 1. The number of rotatable bonds is 5. The maximum absolute atomic E-state index is 12.3. The monoisotopic (exact) mass is 288 g/mol. The van der Waals surface area contributed by atoms with Gasteiger partial charge in [0.2, 0.25) is 5.91 Å². The topological polar surface area (TPSA) is 46.3 Å². The number of amides is 1. The van der Waals surface area contributed by atoms with Crippen molar-refractivity contribution in [2.24, 2.45) is 11.7 Å². The second-order valence-corrected chi connectivity index (χ2v) is 6.27. The minimum absolute atomic E-state index is 0.183. The second-order valence-electron chi connectivity index (χ2n) is 6.27. The van der Waals surface area contributed by atoms with Crippen LogP contribution in [-0.2, 0) is 17.6 Å². The van der Waals surface area contributed by atoms with Crippen molar-refractivity contribution in [1.29, 1.82) is 0 Å². The van der Waals surface area contributed by atoms with E-state index in [4.69, 9.17) is 5.73 Å². The van der Waals surface area contributed by atoms with Crippen molar-refractivity contribution in [3.63, 3.8) is 0 Å². The predicted octanol–water partition coefficient (Wildman–Crippen LogP) is 2.77. The largest absolute Gasteiger partial charge is 0.342 e. The normalized spacial score (nSPS) is 20.3. The Morgan fingerprint density at radius 3 is 2.62 bits per heavy atom. The fraction of sp³-hybridized carbons (Fsp3) is 0.611. The molecule has 116 valence electrons. The van der Waals surface area contributed by atoms with E-state index >= 15 is 0 Å². The number of nitrogens with zero attached hydrogens (tertiary/aromatic N) is 1. The predicted molar refractivity (Wildman–Crippen MR) is 87.1 cm³/mol. The van der Waals surface area contributed by atoms with E-state index in [1.54, 1.807) is 0 Å². The van der Waals surface area contributed by atoms with Crippen molar-refractivity contribution in [1.82, 2.24) is 4.90 Å². The van der Waals surface area contributed by atoms with Gasteiger partial charge in [0.1, 0.15) is 0 Å². The molecule has 1 aliphatic rings. The maximum Gasteiger partial charge on any atom is 0.222 e. The Kier molecular flexibility index (Phi) is 5.80. The molecule has 0 aliphatic carbocycles. The molecule has 1 saturated heterocycles. The fourth-order valence-electron chi connectivity index (χ4n) is 3.02. The molecule has 1 fully saturated rings. The Bertz CT molecular complexity index is 453. The highest BCUT2D eigenvalue weighted by Crippen LogP contribution is 2.19. The van der Waals surface area contributed by atoms with Gasteiger partial charge < -0.3 is 10.6 Å². The van der Waals surface area contributed by atoms with Crippen LogP contribution in [-0.4, -0.2) is 29.9 Å². The molecule has 3 nitrogen and oxygen atoms in total. The molecule has 1 heterocycles. The average Bonchev–Trinajstić information content (AvgIpc) is 2.53. The zero-order chi connectivity index (χ0) is 15.2. The SMILES string of the molecule is CCc1ccc(CCC(=O)N2CCCC(C(C)N)C2)cc1. The van der Waals surface area contributed by atoms with E-state index < -0.39 is 0 Å². The highest BCUT2D eigenvalue weighted by atomic mass is 16.2. The molecule has 1 aromatic rings. The highest BCUT2D eigenvalue weighted by molar-refractivity contribution is 5.76. The van der Waals surface area contributed by atoms with Gasteiger partial charge in [-0.15, -0.1) is 0 Å². The quantitative estimate of drug-likeness (QED) is 0.905. The Hall–Kier alpha value is -1.35. The molecule has 0 saturated carbocycles. The first-order chi connectivity index (χ1) is 10.1. The molecule has 2 rings (SSSR count). The van der Waals surface area contributed by atoms with Gasteiger partial charge in [-0.1, -0.05) is 31.2 Å². The lowest BCUT2D eigenvalue weighted by atomic mass is 9.92. The van der Waals surface area contributed by atoms with Crippen molar-refractivity contribution in [3.05, 3.63) is 35.4 Å². The summed E-state index contributed by atoms with van der Waals surface area (Å²) in [7, 11) is 0. The first-order valence-electron chi connectivity index (χ1n) is 8.21. The highest BCUT2D eigenvalue weighted by Gasteiger charge is 2.25. The molecular weight excluding hydrogens is 260 g/mol. The Labute approximate surface area is 128 Å². The van der Waals surface area contributed by atoms with Crippen LogP contribution in [0.4, 0.5) is 0 Å². The number of hydrogen-bond donors (Lipinski definition) is 1. The van der Waals surface area contributed by atoms with E-state index in [0.29, 0.717) is 12.3 Å². The standard InChI is InChI=1S/C18H28N2O/c1-3-15-6-8-16(9-7-15)10-11-18(21)20-12-4-5-17(13-20)14(2)19/h6-9,14,17H,3-5,10-13,19H2,1-2H3. The summed E-state index contributed by atoms with van der Waals surface area (Å²) in [5.41, 5.74) is 8.58. The van der Waals surface area contributed by atoms with Crippen LogP contribution in [0.15, 0.2) is 24.3 Å². The van der Waals surface area contributed by atoms with Gasteiger partial charge in [-0.25, -0.2) is 0 Å². The Morgan fingerprint density at radius 2 is 2.00 bits per heavy atom. The van der Waals surface area contributed by atoms with Crippen LogP contribution >= 0.6 is 0 Å². The summed E-state index contributed by atoms with van der Waals surface area (Å²) in [5, 5.41) is 0. The summed E-state index contributed by atoms with van der Waals surface area (Å²) in [6.45, 7) is 5.94. The lowest BCUT2D eigenvalue weighted by molar-refractivity contribution is -0.133. The summed E-state index contributed by atoms with van der Waals surface area (Å²) in [6.07, 6.45) is 4.74. The van der Waals surface area contributed by atoms with Gasteiger partial charge in [0.05, 0.1) is 0 Å². The van der Waals surface area contributed by atoms with Crippen LogP contribution in [0.2, 0.25) is 0 Å². The molecule has 2 unspecified atom stereocenters. The van der Waals surface area contributed by atoms with Gasteiger partial charge in [-0.2, -0.15) is 0 Å². The molecule has 0 bridgehead atoms. The second kappa shape index (κ2) is 7.60. The molecule has 0 aromatic heterocycles. The number of nitrogens with two attached hydrogens (primary N) is 1. The minimum atomic E-state index is 0.183. The van der Waals surface area contributed by atoms with Crippen LogP contribution < -0.4 is 5.73 Å². The van der Waals surface area contributed by atoms with E-state index in [-0.39, 0.29) is 11.9 Å². The van der Waals surface area contributed by atoms with Crippen molar-refractivity contribution >= 4 is 5.91 Å². The third kappa shape index (κ3) is 4.57. The minimum Gasteiger partial charge on any atom is -0.342 e. The molecule has 0 spiro atoms. The van der Waals surface area contributed by atoms with E-state index in [1.165, 1.54) is 11.1 Å². The summed E-state index contributed by atoms with van der Waals surface area (Å²) in [4.78, 5) is 14.4. The number of hydrogen-bond acceptors (Lipinski definition) is 2. The summed E-state index contributed by atoms with van der Waals surface area (Å²) in [6, 6.07) is 8.79. The number of likely N-dealkylation sites (tertiary alicyclic amines) is 1. The smallest absolute Gasteiger partial charge is 0.222 e. The van der Waals surface area contributed by atoms with Gasteiger partial charge in [-0.3, -0.25) is 4.79 Å². The third-order valence-corrected chi connectivity index (χ3v) is 4.61. The van der Waals surface area contributed by atoms with Crippen molar-refractivity contribution in [2.45, 2.75) is 52.0 Å². The van der Waals surface area contributed by atoms with Gasteiger partial charge in [0.25, 0.3) is 0 Å². The van der Waals surface area contributed by atoms with Crippen molar-refractivity contribution < 1.29 is 4.79 Å². The Balaban J connectivity index is 1.83. The lowest BCUT2D eigenvalue weighted by Crippen LogP contribution is -2.45. The van der Waals surface area contributed by atoms with Gasteiger partial charge in [0.15, 0.2) is 0 Å². The van der Waals surface area contributed by atoms with Crippen LogP contribution in [0.3, 0.4) is 0 Å². The first-order valence-corrected chi connectivity index (χ1v) is 8.21. The molecule has 1 amide bonds. The van der Waals surface area contributed by atoms with Crippen LogP contribution in [0.1, 0.15) is 44.2 Å². The third-order valence-electron chi connectivity index (χ3n) is 4.61. The number of carbonyl (C=O) groups excluding carboxylic acids is 1. The lowest BCUT2D eigenvalue weighted by Gasteiger charge is -2.34. The van der Waals surface area contributed by atoms with Crippen molar-refractivity contribution in [2.75, 3.05) is 13.1 Å². The first kappa shape index (κ1) is 16.0. The summed E-state index contributed by atoms with van der Waals surface area (Å²) >= 11 is 0. The van der Waals surface area contributed by atoms with Gasteiger partial charge in [-0.05, 0) is 49.7 Å². The maximum atomic E-state index is 12.3. The molecule has 1 aromatic carbocycles. The van der Waals surface area contributed by atoms with Crippen LogP contribution in [0.5, 0.6) is 0 Å². The average molecular weight is 288 g/mol. The summed E-state index contributed by atoms with van der Waals surface area (Å²) in [5.74, 6) is 0.742. The van der Waals surface area contributed by atoms with Crippen molar-refractivity contribution in [3.8, 4) is 0 Å². The molecule has 21 heavy (non-hydrogen) atoms. The van der Waals surface area contributed by atoms with Gasteiger partial charge in [0, 0.05) is 25.6 Å². The number of benzene rings is 1. The van der Waals surface area contributed by atoms with E-state index in [9.17, 15) is 4.79 Å². The molecular formula is C18H28N2O. The summed E-state index contributed by atoms with van der Waals surface area (Å²) < 4.78 is 0. The molecule has 2 atom stereocenters. The molecule has 3 heteroatoms. The zero-order valence-corrected chi connectivity index (χ0v) is 13.3. The van der Waals surface area contributed by atoms with Crippen LogP contribution in [0.25, 0.3) is 0 Å². The van der Waals surface area contributed by atoms with Crippen LogP contribution in [0, 0.1) is 5.92 Å².